The lowest BCUT2D eigenvalue weighted by Crippen LogP contribution is -2.53. The summed E-state index contributed by atoms with van der Waals surface area (Å²) in [4.78, 5) is 11.5. The molecule has 0 spiro atoms. The highest BCUT2D eigenvalue weighted by molar-refractivity contribution is 6.62. The molecule has 0 atom stereocenters. The number of nitrogens with zero attached hydrogens (tertiary/aromatic N) is 1. The fraction of sp³-hybridized carbons (Fsp3) is 0.800. The first kappa shape index (κ1) is 8.67. The van der Waals surface area contributed by atoms with E-state index >= 15 is 0 Å². The molecule has 1 saturated heterocycles. The van der Waals surface area contributed by atoms with E-state index in [9.17, 15) is 13.6 Å². The lowest BCUT2D eigenvalue weighted by molar-refractivity contribution is -0.188. The number of halogens is 3. The number of rotatable bonds is 2. The molecule has 3 nitrogen and oxygen atoms in total. The van der Waals surface area contributed by atoms with E-state index in [4.69, 9.17) is 11.6 Å². The van der Waals surface area contributed by atoms with E-state index in [2.05, 4.69) is 4.74 Å². The topological polar surface area (TPSA) is 29.5 Å². The molecule has 1 fully saturated rings. The Bertz CT molecular complexity index is 161. The van der Waals surface area contributed by atoms with Gasteiger partial charge in [0, 0.05) is 0 Å². The third-order valence-electron chi connectivity index (χ3n) is 1.39. The summed E-state index contributed by atoms with van der Waals surface area (Å²) in [6, 6.07) is 0. The Hall–Kier alpha value is -0.420. The zero-order valence-electron chi connectivity index (χ0n) is 5.47. The van der Waals surface area contributed by atoms with Crippen LogP contribution in [0.3, 0.4) is 0 Å². The fourth-order valence-corrected chi connectivity index (χ4v) is 0.951. The van der Waals surface area contributed by atoms with Crippen molar-refractivity contribution in [3.8, 4) is 0 Å². The third-order valence-corrected chi connectivity index (χ3v) is 1.63. The van der Waals surface area contributed by atoms with E-state index in [1.807, 2.05) is 0 Å². The maximum atomic E-state index is 11.5. The number of hydrogen-bond donors (Lipinski definition) is 0. The van der Waals surface area contributed by atoms with Crippen molar-refractivity contribution < 1.29 is 18.3 Å². The second-order valence-electron chi connectivity index (χ2n) is 2.18. The number of hydrogen-bond acceptors (Lipinski definition) is 2. The van der Waals surface area contributed by atoms with Crippen LogP contribution in [0.15, 0.2) is 0 Å². The number of alkyl halides is 2. The maximum absolute atomic E-state index is 11.5. The van der Waals surface area contributed by atoms with Crippen LogP contribution in [0.25, 0.3) is 0 Å². The van der Waals surface area contributed by atoms with Gasteiger partial charge in [-0.2, -0.15) is 8.78 Å². The Kier molecular flexibility index (Phi) is 2.62. The summed E-state index contributed by atoms with van der Waals surface area (Å²) in [5.41, 5.74) is 0. The lowest BCUT2D eigenvalue weighted by atomic mass is 10.2. The van der Waals surface area contributed by atoms with Crippen molar-refractivity contribution in [1.29, 1.82) is 0 Å². The van der Waals surface area contributed by atoms with Gasteiger partial charge in [0.2, 0.25) is 0 Å². The average Bonchev–Trinajstić information content (AvgIpc) is 1.75. The molecule has 1 rings (SSSR count). The van der Waals surface area contributed by atoms with Crippen LogP contribution in [-0.2, 0) is 4.74 Å². The quantitative estimate of drug-likeness (QED) is 0.479. The van der Waals surface area contributed by atoms with Crippen molar-refractivity contribution in [3.63, 3.8) is 0 Å². The zero-order chi connectivity index (χ0) is 8.43. The van der Waals surface area contributed by atoms with Crippen LogP contribution in [0, 0.1) is 0 Å². The number of likely N-dealkylation sites (tertiary alicyclic amines) is 1. The molecule has 0 aliphatic carbocycles. The van der Waals surface area contributed by atoms with Gasteiger partial charge in [-0.25, -0.2) is 0 Å². The van der Waals surface area contributed by atoms with Crippen molar-refractivity contribution >= 4 is 17.0 Å². The third kappa shape index (κ3) is 2.27. The maximum Gasteiger partial charge on any atom is 0.345 e. The summed E-state index contributed by atoms with van der Waals surface area (Å²) >= 11 is 5.03. The molecule has 1 amide bonds. The SMILES string of the molecule is O=C(Cl)N1CC(OC(F)F)C1. The molecule has 64 valence electrons. The lowest BCUT2D eigenvalue weighted by Gasteiger charge is -2.36. The first-order valence-electron chi connectivity index (χ1n) is 2.97. The normalized spacial score (nSPS) is 18.7. The molecular formula is C5H6ClF2NO2. The molecule has 0 N–H and O–H groups in total. The van der Waals surface area contributed by atoms with Gasteiger partial charge in [-0.1, -0.05) is 0 Å². The highest BCUT2D eigenvalue weighted by atomic mass is 35.5. The summed E-state index contributed by atoms with van der Waals surface area (Å²) in [7, 11) is 0. The highest BCUT2D eigenvalue weighted by Crippen LogP contribution is 2.16. The Morgan fingerprint density at radius 2 is 2.18 bits per heavy atom. The van der Waals surface area contributed by atoms with Gasteiger partial charge in [0.15, 0.2) is 0 Å². The van der Waals surface area contributed by atoms with E-state index in [0.29, 0.717) is 0 Å². The van der Waals surface area contributed by atoms with Crippen LogP contribution in [0.5, 0.6) is 0 Å². The van der Waals surface area contributed by atoms with Gasteiger partial charge in [-0.15, -0.1) is 0 Å². The molecule has 1 heterocycles. The summed E-state index contributed by atoms with van der Waals surface area (Å²) < 4.78 is 27.0. The van der Waals surface area contributed by atoms with Gasteiger partial charge in [0.25, 0.3) is 0 Å². The molecule has 0 unspecified atom stereocenters. The Morgan fingerprint density at radius 3 is 2.55 bits per heavy atom. The number of carbonyl (C=O) groups excluding carboxylic acids is 1. The van der Waals surface area contributed by atoms with Crippen molar-refractivity contribution in [2.45, 2.75) is 12.7 Å². The summed E-state index contributed by atoms with van der Waals surface area (Å²) in [5.74, 6) is 0. The monoisotopic (exact) mass is 185 g/mol. The Labute approximate surface area is 66.9 Å². The summed E-state index contributed by atoms with van der Waals surface area (Å²) in [6.45, 7) is -2.45. The molecular weight excluding hydrogens is 180 g/mol. The smallest absolute Gasteiger partial charge is 0.324 e. The largest absolute Gasteiger partial charge is 0.345 e. The molecule has 0 radical (unpaired) electrons. The highest BCUT2D eigenvalue weighted by Gasteiger charge is 2.32. The molecule has 0 aromatic rings. The first-order chi connectivity index (χ1) is 5.09. The molecule has 1 aliphatic heterocycles. The molecule has 0 aromatic heterocycles. The minimum absolute atomic E-state index is 0.159. The molecule has 1 aliphatic rings. The van der Waals surface area contributed by atoms with Crippen LogP contribution < -0.4 is 0 Å². The van der Waals surface area contributed by atoms with E-state index in [0.717, 1.165) is 0 Å². The van der Waals surface area contributed by atoms with Gasteiger partial charge in [0.1, 0.15) is 0 Å². The van der Waals surface area contributed by atoms with Gasteiger partial charge in [0.05, 0.1) is 19.2 Å². The van der Waals surface area contributed by atoms with E-state index in [1.54, 1.807) is 0 Å². The zero-order valence-corrected chi connectivity index (χ0v) is 6.22. The van der Waals surface area contributed by atoms with Gasteiger partial charge in [-0.05, 0) is 11.6 Å². The van der Waals surface area contributed by atoms with Crippen LogP contribution in [0.4, 0.5) is 13.6 Å². The van der Waals surface area contributed by atoms with Crippen LogP contribution in [-0.4, -0.2) is 36.1 Å². The van der Waals surface area contributed by atoms with Crippen LogP contribution in [0.1, 0.15) is 0 Å². The molecule has 11 heavy (non-hydrogen) atoms. The Balaban J connectivity index is 2.14. The Morgan fingerprint density at radius 1 is 1.64 bits per heavy atom. The van der Waals surface area contributed by atoms with E-state index in [-0.39, 0.29) is 13.1 Å². The van der Waals surface area contributed by atoms with E-state index < -0.39 is 18.1 Å². The first-order valence-corrected chi connectivity index (χ1v) is 3.35. The van der Waals surface area contributed by atoms with Crippen molar-refractivity contribution in [2.75, 3.05) is 13.1 Å². The second-order valence-corrected chi connectivity index (χ2v) is 2.50. The number of amides is 1. The van der Waals surface area contributed by atoms with Crippen LogP contribution in [0.2, 0.25) is 0 Å². The minimum Gasteiger partial charge on any atom is -0.324 e. The van der Waals surface area contributed by atoms with Gasteiger partial charge >= 0.3 is 12.0 Å². The second kappa shape index (κ2) is 3.32. The van der Waals surface area contributed by atoms with E-state index in [1.165, 1.54) is 4.90 Å². The van der Waals surface area contributed by atoms with Gasteiger partial charge < -0.3 is 9.64 Å². The number of ether oxygens (including phenoxy) is 1. The van der Waals surface area contributed by atoms with Crippen molar-refractivity contribution in [2.24, 2.45) is 0 Å². The fourth-order valence-electron chi connectivity index (χ4n) is 0.813. The summed E-state index contributed by atoms with van der Waals surface area (Å²) in [5, 5.41) is -0.626. The predicted molar refractivity (Wildman–Crippen MR) is 33.7 cm³/mol. The average molecular weight is 186 g/mol. The predicted octanol–water partition coefficient (Wildman–Crippen LogP) is 1.27. The molecule has 0 aromatic carbocycles. The summed E-state index contributed by atoms with van der Waals surface area (Å²) in [6.07, 6.45) is -0.558. The molecule has 0 bridgehead atoms. The van der Waals surface area contributed by atoms with Crippen molar-refractivity contribution in [3.05, 3.63) is 0 Å². The molecule has 6 heteroatoms. The standard InChI is InChI=1S/C5H6ClF2NO2/c6-4(10)9-1-3(2-9)11-5(7)8/h3,5H,1-2H2. The van der Waals surface area contributed by atoms with Gasteiger partial charge in [-0.3, -0.25) is 4.79 Å². The minimum atomic E-state index is -2.77. The number of carbonyl (C=O) groups is 1. The van der Waals surface area contributed by atoms with Crippen molar-refractivity contribution in [1.82, 2.24) is 4.90 Å². The molecule has 0 saturated carbocycles. The van der Waals surface area contributed by atoms with Crippen LogP contribution >= 0.6 is 11.6 Å².